The molecule has 0 unspecified atom stereocenters. The van der Waals surface area contributed by atoms with E-state index in [-0.39, 0.29) is 51.4 Å². The molecule has 2 rings (SSSR count). The molecule has 2 aromatic rings. The molecule has 0 saturated carbocycles. The van der Waals surface area contributed by atoms with Crippen LogP contribution >= 0.6 is 22.7 Å². The van der Waals surface area contributed by atoms with Gasteiger partial charge in [0, 0.05) is 9.75 Å². The quantitative estimate of drug-likeness (QED) is 0.649. The summed E-state index contributed by atoms with van der Waals surface area (Å²) in [4.78, 5) is 10.7. The van der Waals surface area contributed by atoms with Crippen LogP contribution in [0.5, 0.6) is 0 Å². The van der Waals surface area contributed by atoms with Gasteiger partial charge in [0.15, 0.2) is 0 Å². The second-order valence-electron chi connectivity index (χ2n) is 2.99. The minimum atomic E-state index is 0. The zero-order valence-corrected chi connectivity index (χ0v) is 14.6. The number of rotatable bonds is 0. The molecule has 15 heavy (non-hydrogen) atoms. The molecule has 0 amide bonds. The molecule has 0 aliphatic heterocycles. The third-order valence-electron chi connectivity index (χ3n) is 1.97. The van der Waals surface area contributed by atoms with Gasteiger partial charge in [-0.2, -0.15) is 0 Å². The number of aromatic nitrogens is 2. The molecule has 2 heterocycles. The van der Waals surface area contributed by atoms with Gasteiger partial charge in [-0.1, -0.05) is 0 Å². The third kappa shape index (κ3) is 5.67. The molecule has 0 aliphatic rings. The Morgan fingerprint density at radius 3 is 1.20 bits per heavy atom. The van der Waals surface area contributed by atoms with Crippen molar-refractivity contribution >= 4 is 22.7 Å². The summed E-state index contributed by atoms with van der Waals surface area (Å²) in [5.41, 5.74) is 6.05. The van der Waals surface area contributed by atoms with Crippen molar-refractivity contribution in [3.63, 3.8) is 0 Å². The van der Waals surface area contributed by atoms with Gasteiger partial charge in [0.2, 0.25) is 0 Å². The fourth-order valence-corrected chi connectivity index (χ4v) is 1.91. The molecule has 2 aromatic heterocycles. The zero-order valence-electron chi connectivity index (χ0n) is 9.87. The van der Waals surface area contributed by atoms with Crippen LogP contribution < -0.4 is 51.4 Å². The maximum atomic E-state index is 4.03. The van der Waals surface area contributed by atoms with Gasteiger partial charge in [-0.3, -0.25) is 0 Å². The zero-order chi connectivity index (χ0) is 10.6. The van der Waals surface area contributed by atoms with Gasteiger partial charge < -0.3 is 0 Å². The summed E-state index contributed by atoms with van der Waals surface area (Å²) in [5, 5.41) is 0. The molecule has 0 aliphatic carbocycles. The van der Waals surface area contributed by atoms with E-state index < -0.39 is 0 Å². The molecule has 0 atom stereocenters. The van der Waals surface area contributed by atoms with Gasteiger partial charge in [-0.15, -0.1) is 22.7 Å². The Balaban J connectivity index is 0.000000245. The van der Waals surface area contributed by atoms with E-state index in [0.717, 1.165) is 11.4 Å². The number of nitrogens with zero attached hydrogens (tertiary/aromatic N) is 2. The van der Waals surface area contributed by atoms with Crippen LogP contribution in [0.3, 0.4) is 0 Å². The van der Waals surface area contributed by atoms with Crippen LogP contribution in [-0.4, -0.2) is 9.97 Å². The first-order chi connectivity index (χ1) is 6.61. The van der Waals surface area contributed by atoms with E-state index in [9.17, 15) is 0 Å². The predicted octanol–water partition coefficient (Wildman–Crippen LogP) is 0.524. The Hall–Kier alpha value is 0.896. The van der Waals surface area contributed by atoms with Crippen molar-refractivity contribution in [1.29, 1.82) is 0 Å². The summed E-state index contributed by atoms with van der Waals surface area (Å²) >= 11 is 3.39. The Morgan fingerprint density at radius 2 is 1.13 bits per heavy atom. The minimum Gasteiger partial charge on any atom is -0.250 e. The molecule has 0 bridgehead atoms. The van der Waals surface area contributed by atoms with E-state index in [4.69, 9.17) is 0 Å². The Labute approximate surface area is 142 Å². The van der Waals surface area contributed by atoms with Crippen LogP contribution in [0.15, 0.2) is 11.0 Å². The van der Waals surface area contributed by atoms with Crippen molar-refractivity contribution < 1.29 is 51.4 Å². The van der Waals surface area contributed by atoms with Gasteiger partial charge in [0.05, 0.1) is 22.4 Å². The van der Waals surface area contributed by atoms with Crippen LogP contribution in [0, 0.1) is 27.7 Å². The van der Waals surface area contributed by atoms with Gasteiger partial charge in [0.25, 0.3) is 0 Å². The monoisotopic (exact) mass is 265 g/mol. The van der Waals surface area contributed by atoms with Crippen LogP contribution in [-0.2, 0) is 0 Å². The van der Waals surface area contributed by atoms with E-state index in [1.807, 2.05) is 24.9 Å². The van der Waals surface area contributed by atoms with Crippen molar-refractivity contribution in [1.82, 2.24) is 9.97 Å². The summed E-state index contributed by atoms with van der Waals surface area (Å²) < 4.78 is 0. The molecule has 0 N–H and O–H groups in total. The van der Waals surface area contributed by atoms with E-state index >= 15 is 0 Å². The fourth-order valence-electron chi connectivity index (χ4n) is 0.721. The molecule has 0 saturated heterocycles. The minimum absolute atomic E-state index is 0. The summed E-state index contributed by atoms with van der Waals surface area (Å²) in [5.74, 6) is 0. The van der Waals surface area contributed by atoms with Crippen molar-refractivity contribution in [2.45, 2.75) is 27.7 Å². The second kappa shape index (κ2) is 8.06. The van der Waals surface area contributed by atoms with Crippen molar-refractivity contribution in [2.75, 3.05) is 0 Å². The molecule has 0 aromatic carbocycles. The Bertz CT molecular complexity index is 324. The number of hydrogen-bond donors (Lipinski definition) is 0. The van der Waals surface area contributed by atoms with E-state index in [2.05, 4.69) is 23.8 Å². The summed E-state index contributed by atoms with van der Waals surface area (Å²) in [7, 11) is 0. The number of hydrogen-bond acceptors (Lipinski definition) is 4. The van der Waals surface area contributed by atoms with Crippen LogP contribution in [0.2, 0.25) is 0 Å². The van der Waals surface area contributed by atoms with Crippen LogP contribution in [0.1, 0.15) is 21.1 Å². The summed E-state index contributed by atoms with van der Waals surface area (Å²) in [6, 6.07) is 0. The molecule has 0 radical (unpaired) electrons. The predicted molar refractivity (Wildman–Crippen MR) is 63.2 cm³/mol. The Kier molecular flexibility index (Phi) is 8.54. The average molecular weight is 265 g/mol. The second-order valence-corrected chi connectivity index (χ2v) is 5.11. The van der Waals surface area contributed by atoms with Crippen LogP contribution in [0.4, 0.5) is 0 Å². The van der Waals surface area contributed by atoms with Crippen molar-refractivity contribution in [3.8, 4) is 0 Å². The topological polar surface area (TPSA) is 25.8 Å². The molecule has 0 fully saturated rings. The first-order valence-electron chi connectivity index (χ1n) is 4.34. The van der Waals surface area contributed by atoms with E-state index in [0.29, 0.717) is 0 Å². The molecular formula is C10H14KN2S2+. The first-order valence-corrected chi connectivity index (χ1v) is 6.10. The van der Waals surface area contributed by atoms with Crippen molar-refractivity contribution in [3.05, 3.63) is 32.2 Å². The SMILES string of the molecule is Cc1ncsc1C.Cc1ncsc1C.[K+]. The molecule has 76 valence electrons. The van der Waals surface area contributed by atoms with Crippen LogP contribution in [0.25, 0.3) is 0 Å². The number of thiazole rings is 2. The van der Waals surface area contributed by atoms with Crippen molar-refractivity contribution in [2.24, 2.45) is 0 Å². The van der Waals surface area contributed by atoms with Gasteiger partial charge in [-0.05, 0) is 27.7 Å². The van der Waals surface area contributed by atoms with E-state index in [1.54, 1.807) is 22.7 Å². The Morgan fingerprint density at radius 1 is 0.800 bits per heavy atom. The summed E-state index contributed by atoms with van der Waals surface area (Å²) in [6.07, 6.45) is 0. The van der Waals surface area contributed by atoms with Gasteiger partial charge in [0.1, 0.15) is 0 Å². The smallest absolute Gasteiger partial charge is 0.250 e. The maximum absolute atomic E-state index is 4.03. The molecular weight excluding hydrogens is 251 g/mol. The van der Waals surface area contributed by atoms with Gasteiger partial charge >= 0.3 is 51.4 Å². The molecule has 2 nitrogen and oxygen atoms in total. The molecule has 5 heteroatoms. The maximum Gasteiger partial charge on any atom is 1.00 e. The number of aryl methyl sites for hydroxylation is 4. The molecule has 0 spiro atoms. The fraction of sp³-hybridized carbons (Fsp3) is 0.400. The first kappa shape index (κ1) is 15.9. The normalized spacial score (nSPS) is 8.80. The largest absolute Gasteiger partial charge is 1.00 e. The third-order valence-corrected chi connectivity index (χ3v) is 3.69. The summed E-state index contributed by atoms with van der Waals surface area (Å²) in [6.45, 7) is 8.19. The van der Waals surface area contributed by atoms with E-state index in [1.165, 1.54) is 9.75 Å². The average Bonchev–Trinajstić information content (AvgIpc) is 2.67. The van der Waals surface area contributed by atoms with Gasteiger partial charge in [-0.25, -0.2) is 9.97 Å². The standard InChI is InChI=1S/2C5H7NS.K/c2*1-4-5(2)7-3-6-4;/h2*3H,1-2H3;/q;;+1.